The van der Waals surface area contributed by atoms with Gasteiger partial charge in [0.1, 0.15) is 5.82 Å². The molecule has 0 fully saturated rings. The molecule has 2 aromatic heterocycles. The maximum Gasteiger partial charge on any atom is 0.253 e. The van der Waals surface area contributed by atoms with Crippen molar-refractivity contribution < 1.29 is 14.0 Å². The number of thiophene rings is 1. The molecule has 0 radical (unpaired) electrons. The van der Waals surface area contributed by atoms with Gasteiger partial charge in [-0.1, -0.05) is 60.3 Å². The standard InChI is InChI=1S/C33H29FN6O2S2/c1-21-8-6-11-27(22(21)2)39-30(19-35-32(42)24-9-4-3-5-10-24)36-37-33(39)44-20-31(41)40-28(23-13-15-25(34)16-14-23)18-26(38-40)29-12-7-17-43-29/h3-17,28H,18-20H2,1-2H3,(H,35,42)/t28-/m0/s1. The molecule has 3 aromatic carbocycles. The van der Waals surface area contributed by atoms with Gasteiger partial charge in [0.25, 0.3) is 11.8 Å². The quantitative estimate of drug-likeness (QED) is 0.190. The van der Waals surface area contributed by atoms with E-state index >= 15 is 0 Å². The van der Waals surface area contributed by atoms with E-state index in [0.717, 1.165) is 33.0 Å². The summed E-state index contributed by atoms with van der Waals surface area (Å²) in [7, 11) is 0. The Morgan fingerprint density at radius 1 is 0.977 bits per heavy atom. The lowest BCUT2D eigenvalue weighted by atomic mass is 10.0. The number of hydrazone groups is 1. The van der Waals surface area contributed by atoms with Crippen molar-refractivity contribution in [3.05, 3.63) is 129 Å². The lowest BCUT2D eigenvalue weighted by Crippen LogP contribution is -2.28. The Hall–Kier alpha value is -4.61. The molecule has 0 spiro atoms. The Bertz CT molecular complexity index is 1820. The zero-order valence-corrected chi connectivity index (χ0v) is 25.7. The van der Waals surface area contributed by atoms with Gasteiger partial charge >= 0.3 is 0 Å². The SMILES string of the molecule is Cc1cccc(-n2c(CNC(=O)c3ccccc3)nnc2SCC(=O)N2N=C(c3cccs3)C[C@H]2c2ccc(F)cc2)c1C. The maximum atomic E-state index is 13.7. The minimum Gasteiger partial charge on any atom is -0.345 e. The van der Waals surface area contributed by atoms with Crippen molar-refractivity contribution >= 4 is 40.6 Å². The number of carbonyl (C=O) groups excluding carboxylic acids is 2. The van der Waals surface area contributed by atoms with Crippen molar-refractivity contribution in [1.82, 2.24) is 25.1 Å². The maximum absolute atomic E-state index is 13.7. The van der Waals surface area contributed by atoms with Crippen LogP contribution in [0, 0.1) is 19.7 Å². The van der Waals surface area contributed by atoms with Gasteiger partial charge in [0.05, 0.1) is 34.6 Å². The first-order valence-electron chi connectivity index (χ1n) is 14.0. The normalized spacial score (nSPS) is 14.5. The van der Waals surface area contributed by atoms with Crippen molar-refractivity contribution in [3.63, 3.8) is 0 Å². The van der Waals surface area contributed by atoms with E-state index < -0.39 is 0 Å². The Balaban J connectivity index is 1.26. The summed E-state index contributed by atoms with van der Waals surface area (Å²) in [5.41, 5.74) is 5.19. The van der Waals surface area contributed by atoms with Gasteiger partial charge in [0.15, 0.2) is 11.0 Å². The Morgan fingerprint density at radius 2 is 1.77 bits per heavy atom. The second-order valence-corrected chi connectivity index (χ2v) is 12.2. The fourth-order valence-electron chi connectivity index (χ4n) is 5.05. The molecule has 1 N–H and O–H groups in total. The summed E-state index contributed by atoms with van der Waals surface area (Å²) in [4.78, 5) is 27.5. The van der Waals surface area contributed by atoms with Gasteiger partial charge in [-0.15, -0.1) is 21.5 Å². The Labute approximate surface area is 262 Å². The predicted octanol–water partition coefficient (Wildman–Crippen LogP) is 6.48. The van der Waals surface area contributed by atoms with Crippen LogP contribution in [0.5, 0.6) is 0 Å². The highest BCUT2D eigenvalue weighted by Gasteiger charge is 2.34. The summed E-state index contributed by atoms with van der Waals surface area (Å²) >= 11 is 2.83. The van der Waals surface area contributed by atoms with E-state index in [0.29, 0.717) is 23.0 Å². The molecule has 11 heteroatoms. The van der Waals surface area contributed by atoms with Gasteiger partial charge in [-0.2, -0.15) is 5.10 Å². The summed E-state index contributed by atoms with van der Waals surface area (Å²) in [6.07, 6.45) is 0.534. The average molecular weight is 625 g/mol. The number of amides is 2. The van der Waals surface area contributed by atoms with Gasteiger partial charge in [0, 0.05) is 12.0 Å². The van der Waals surface area contributed by atoms with Crippen LogP contribution in [0.2, 0.25) is 0 Å². The largest absolute Gasteiger partial charge is 0.345 e. The van der Waals surface area contributed by atoms with E-state index in [4.69, 9.17) is 5.10 Å². The molecule has 44 heavy (non-hydrogen) atoms. The van der Waals surface area contributed by atoms with Gasteiger partial charge < -0.3 is 5.32 Å². The van der Waals surface area contributed by atoms with E-state index in [1.165, 1.54) is 28.9 Å². The van der Waals surface area contributed by atoms with Crippen LogP contribution >= 0.6 is 23.1 Å². The Kier molecular flexibility index (Phi) is 8.67. The average Bonchev–Trinajstić information content (AvgIpc) is 3.81. The molecule has 222 valence electrons. The smallest absolute Gasteiger partial charge is 0.253 e. The number of aromatic nitrogens is 3. The second-order valence-electron chi connectivity index (χ2n) is 10.3. The molecule has 5 aromatic rings. The number of halogens is 1. The van der Waals surface area contributed by atoms with Gasteiger partial charge in [-0.3, -0.25) is 14.2 Å². The number of thioether (sulfide) groups is 1. The molecular formula is C33H29FN6O2S2. The van der Waals surface area contributed by atoms with Crippen LogP contribution in [0.1, 0.15) is 50.2 Å². The van der Waals surface area contributed by atoms with E-state index in [2.05, 4.69) is 15.5 Å². The summed E-state index contributed by atoms with van der Waals surface area (Å²) in [6, 6.07) is 24.8. The number of rotatable bonds is 9. The summed E-state index contributed by atoms with van der Waals surface area (Å²) in [5.74, 6) is -0.156. The lowest BCUT2D eigenvalue weighted by Gasteiger charge is -2.22. The van der Waals surface area contributed by atoms with E-state index in [9.17, 15) is 14.0 Å². The number of nitrogens with zero attached hydrogens (tertiary/aromatic N) is 5. The number of hydrogen-bond acceptors (Lipinski definition) is 7. The zero-order valence-electron chi connectivity index (χ0n) is 24.1. The number of carbonyl (C=O) groups is 2. The first-order chi connectivity index (χ1) is 21.4. The zero-order chi connectivity index (χ0) is 30.6. The van der Waals surface area contributed by atoms with Crippen LogP contribution in [0.25, 0.3) is 5.69 Å². The van der Waals surface area contributed by atoms with Crippen LogP contribution in [0.3, 0.4) is 0 Å². The third kappa shape index (κ3) is 6.20. The van der Waals surface area contributed by atoms with E-state index in [-0.39, 0.29) is 36.0 Å². The molecule has 0 aliphatic carbocycles. The number of benzene rings is 3. The van der Waals surface area contributed by atoms with Crippen LogP contribution in [-0.4, -0.2) is 43.1 Å². The molecule has 3 heterocycles. The number of nitrogens with one attached hydrogen (secondary N) is 1. The van der Waals surface area contributed by atoms with Crippen LogP contribution in [0.4, 0.5) is 4.39 Å². The number of aryl methyl sites for hydroxylation is 1. The van der Waals surface area contributed by atoms with Gasteiger partial charge in [-0.25, -0.2) is 9.40 Å². The third-order valence-electron chi connectivity index (χ3n) is 7.51. The topological polar surface area (TPSA) is 92.5 Å². The molecule has 0 saturated heterocycles. The van der Waals surface area contributed by atoms with Crippen molar-refractivity contribution in [1.29, 1.82) is 0 Å². The minimum absolute atomic E-state index is 0.0539. The highest BCUT2D eigenvalue weighted by molar-refractivity contribution is 7.99. The van der Waals surface area contributed by atoms with E-state index in [1.807, 2.05) is 72.3 Å². The molecule has 0 saturated carbocycles. The van der Waals surface area contributed by atoms with Gasteiger partial charge in [-0.05, 0) is 72.3 Å². The van der Waals surface area contributed by atoms with Crippen LogP contribution in [0.15, 0.2) is 101 Å². The fraction of sp³-hybridized carbons (Fsp3) is 0.182. The molecule has 2 amide bonds. The first-order valence-corrected chi connectivity index (χ1v) is 15.9. The van der Waals surface area contributed by atoms with Crippen LogP contribution in [-0.2, 0) is 11.3 Å². The molecular weight excluding hydrogens is 596 g/mol. The molecule has 8 nitrogen and oxygen atoms in total. The van der Waals surface area contributed by atoms with E-state index in [1.54, 1.807) is 35.6 Å². The highest BCUT2D eigenvalue weighted by atomic mass is 32.2. The fourth-order valence-corrected chi connectivity index (χ4v) is 6.59. The van der Waals surface area contributed by atoms with Crippen molar-refractivity contribution in [3.8, 4) is 5.69 Å². The van der Waals surface area contributed by atoms with Crippen molar-refractivity contribution in [2.45, 2.75) is 38.0 Å². The van der Waals surface area contributed by atoms with Crippen molar-refractivity contribution in [2.24, 2.45) is 5.10 Å². The molecule has 0 unspecified atom stereocenters. The highest BCUT2D eigenvalue weighted by Crippen LogP contribution is 2.35. The summed E-state index contributed by atoms with van der Waals surface area (Å²) in [5, 5.41) is 20.5. The monoisotopic (exact) mass is 624 g/mol. The third-order valence-corrected chi connectivity index (χ3v) is 9.34. The molecule has 6 rings (SSSR count). The first kappa shape index (κ1) is 29.5. The molecule has 0 bridgehead atoms. The van der Waals surface area contributed by atoms with Crippen molar-refractivity contribution in [2.75, 3.05) is 5.75 Å². The van der Waals surface area contributed by atoms with Crippen LogP contribution < -0.4 is 5.32 Å². The summed E-state index contributed by atoms with van der Waals surface area (Å²) in [6.45, 7) is 4.20. The summed E-state index contributed by atoms with van der Waals surface area (Å²) < 4.78 is 15.6. The predicted molar refractivity (Wildman–Crippen MR) is 171 cm³/mol. The Morgan fingerprint density at radius 3 is 2.52 bits per heavy atom. The molecule has 1 aliphatic rings. The lowest BCUT2D eigenvalue weighted by molar-refractivity contribution is -0.130. The second kappa shape index (κ2) is 12.9. The van der Waals surface area contributed by atoms with Gasteiger partial charge in [0.2, 0.25) is 0 Å². The molecule has 1 aliphatic heterocycles. The molecule has 1 atom stereocenters. The minimum atomic E-state index is -0.346. The number of hydrogen-bond donors (Lipinski definition) is 1.